The van der Waals surface area contributed by atoms with Gasteiger partial charge in [0.05, 0.1) is 6.26 Å². The predicted octanol–water partition coefficient (Wildman–Crippen LogP) is 12.3. The lowest BCUT2D eigenvalue weighted by molar-refractivity contribution is 0.615. The van der Waals surface area contributed by atoms with Gasteiger partial charge >= 0.3 is 0 Å². The first-order valence-corrected chi connectivity index (χ1v) is 15.3. The predicted molar refractivity (Wildman–Crippen MR) is 182 cm³/mol. The molecule has 2 nitrogen and oxygen atoms in total. The Morgan fingerprint density at radius 3 is 1.86 bits per heavy atom. The lowest BCUT2D eigenvalue weighted by Crippen LogP contribution is -1.91. The first-order chi connectivity index (χ1) is 21.3. The van der Waals surface area contributed by atoms with Gasteiger partial charge in [0.1, 0.15) is 16.7 Å². The van der Waals surface area contributed by atoms with Crippen LogP contribution in [0.15, 0.2) is 142 Å². The van der Waals surface area contributed by atoms with E-state index in [1.54, 1.807) is 6.26 Å². The van der Waals surface area contributed by atoms with Gasteiger partial charge in [-0.25, -0.2) is 0 Å². The molecule has 200 valence electrons. The minimum Gasteiger partial charge on any atom is -0.464 e. The second kappa shape index (κ2) is 8.57. The number of benzene rings is 7. The molecule has 0 spiro atoms. The fourth-order valence-corrected chi connectivity index (χ4v) is 8.32. The average molecular weight is 567 g/mol. The zero-order chi connectivity index (χ0) is 28.1. The molecular weight excluding hydrogens is 545 g/mol. The van der Waals surface area contributed by atoms with Crippen molar-refractivity contribution in [2.75, 3.05) is 0 Å². The van der Waals surface area contributed by atoms with E-state index in [1.807, 2.05) is 29.5 Å². The summed E-state index contributed by atoms with van der Waals surface area (Å²) in [4.78, 5) is 0. The van der Waals surface area contributed by atoms with Crippen molar-refractivity contribution in [3.05, 3.63) is 134 Å². The van der Waals surface area contributed by atoms with Crippen molar-refractivity contribution < 1.29 is 8.83 Å². The smallest absolute Gasteiger partial charge is 0.136 e. The zero-order valence-corrected chi connectivity index (χ0v) is 23.7. The van der Waals surface area contributed by atoms with Crippen molar-refractivity contribution >= 4 is 86.0 Å². The molecule has 10 aromatic rings. The standard InChI is InChI=1S/C40H22O2S/c1-3-10-26-24(8-1)37(23-16-17-33-31(22-23)39-28-20-21-41-32(28)18-19-34(39)42-33)25-9-2-4-11-27(25)38(26)30-13-7-15-36-40(30)29-12-5-6-14-35(29)43-36/h1-22H. The lowest BCUT2D eigenvalue weighted by Gasteiger charge is -2.18. The Morgan fingerprint density at radius 2 is 1.07 bits per heavy atom. The second-order valence-electron chi connectivity index (χ2n) is 11.2. The Morgan fingerprint density at radius 1 is 0.419 bits per heavy atom. The molecular formula is C40H22O2S. The molecule has 0 aliphatic rings. The highest BCUT2D eigenvalue weighted by atomic mass is 32.1. The molecule has 10 rings (SSSR count). The highest BCUT2D eigenvalue weighted by Crippen LogP contribution is 2.48. The van der Waals surface area contributed by atoms with E-state index in [9.17, 15) is 0 Å². The maximum absolute atomic E-state index is 6.30. The summed E-state index contributed by atoms with van der Waals surface area (Å²) in [5, 5.41) is 10.9. The molecule has 0 aliphatic carbocycles. The van der Waals surface area contributed by atoms with Crippen LogP contribution in [-0.2, 0) is 0 Å². The third kappa shape index (κ3) is 3.17. The van der Waals surface area contributed by atoms with Crippen LogP contribution in [0, 0.1) is 0 Å². The number of hydrogen-bond donors (Lipinski definition) is 0. The molecule has 3 heteroatoms. The quantitative estimate of drug-likeness (QED) is 0.195. The van der Waals surface area contributed by atoms with Gasteiger partial charge in [0, 0.05) is 36.3 Å². The summed E-state index contributed by atoms with van der Waals surface area (Å²) in [6.45, 7) is 0. The van der Waals surface area contributed by atoms with Crippen LogP contribution in [0.1, 0.15) is 0 Å². The summed E-state index contributed by atoms with van der Waals surface area (Å²) in [5.74, 6) is 0. The SMILES string of the molecule is c1ccc2c(c1)sc1cccc(-c3c4ccccc4c(-c4ccc5oc6ccc7occc7c6c5c4)c4ccccc34)c12. The number of fused-ring (bicyclic) bond motifs is 10. The summed E-state index contributed by atoms with van der Waals surface area (Å²) in [6.07, 6.45) is 1.75. The minimum absolute atomic E-state index is 0.871. The monoisotopic (exact) mass is 566 g/mol. The Kier molecular flexibility index (Phi) is 4.63. The molecule has 0 radical (unpaired) electrons. The van der Waals surface area contributed by atoms with Gasteiger partial charge in [0.25, 0.3) is 0 Å². The first-order valence-electron chi connectivity index (χ1n) is 14.5. The molecule has 43 heavy (non-hydrogen) atoms. The van der Waals surface area contributed by atoms with Gasteiger partial charge < -0.3 is 8.83 Å². The van der Waals surface area contributed by atoms with E-state index in [2.05, 4.69) is 109 Å². The summed E-state index contributed by atoms with van der Waals surface area (Å²) in [7, 11) is 0. The van der Waals surface area contributed by atoms with E-state index < -0.39 is 0 Å². The van der Waals surface area contributed by atoms with Crippen LogP contribution in [0.25, 0.3) is 96.9 Å². The fraction of sp³-hybridized carbons (Fsp3) is 0. The molecule has 3 aromatic heterocycles. The van der Waals surface area contributed by atoms with Gasteiger partial charge in [-0.15, -0.1) is 11.3 Å². The van der Waals surface area contributed by atoms with Gasteiger partial charge in [-0.1, -0.05) is 84.9 Å². The van der Waals surface area contributed by atoms with Crippen molar-refractivity contribution in [3.63, 3.8) is 0 Å². The highest BCUT2D eigenvalue weighted by molar-refractivity contribution is 7.25. The first kappa shape index (κ1) is 23.2. The highest BCUT2D eigenvalue weighted by Gasteiger charge is 2.20. The molecule has 0 atom stereocenters. The van der Waals surface area contributed by atoms with Crippen LogP contribution >= 0.6 is 11.3 Å². The van der Waals surface area contributed by atoms with Crippen molar-refractivity contribution in [1.29, 1.82) is 0 Å². The Hall–Kier alpha value is -5.38. The third-order valence-electron chi connectivity index (χ3n) is 8.96. The van der Waals surface area contributed by atoms with E-state index >= 15 is 0 Å². The van der Waals surface area contributed by atoms with Crippen molar-refractivity contribution in [3.8, 4) is 22.3 Å². The molecule has 0 fully saturated rings. The summed E-state index contributed by atoms with van der Waals surface area (Å²) < 4.78 is 14.7. The van der Waals surface area contributed by atoms with Crippen molar-refractivity contribution in [2.45, 2.75) is 0 Å². The van der Waals surface area contributed by atoms with Gasteiger partial charge in [-0.2, -0.15) is 0 Å². The number of furan rings is 2. The molecule has 0 unspecified atom stereocenters. The molecule has 0 saturated carbocycles. The van der Waals surface area contributed by atoms with Gasteiger partial charge in [-0.3, -0.25) is 0 Å². The van der Waals surface area contributed by atoms with E-state index in [1.165, 1.54) is 64.0 Å². The zero-order valence-electron chi connectivity index (χ0n) is 22.9. The summed E-state index contributed by atoms with van der Waals surface area (Å²) >= 11 is 1.87. The molecule has 0 aliphatic heterocycles. The lowest BCUT2D eigenvalue weighted by atomic mass is 9.84. The Bertz CT molecular complexity index is 2680. The topological polar surface area (TPSA) is 26.3 Å². The Labute approximate surface area is 250 Å². The maximum Gasteiger partial charge on any atom is 0.136 e. The second-order valence-corrected chi connectivity index (χ2v) is 12.3. The fourth-order valence-electron chi connectivity index (χ4n) is 7.19. The minimum atomic E-state index is 0.871. The van der Waals surface area contributed by atoms with E-state index in [0.29, 0.717) is 0 Å². The molecule has 0 amide bonds. The molecule has 0 bridgehead atoms. The van der Waals surface area contributed by atoms with E-state index in [-0.39, 0.29) is 0 Å². The molecule has 3 heterocycles. The van der Waals surface area contributed by atoms with Crippen molar-refractivity contribution in [2.24, 2.45) is 0 Å². The number of hydrogen-bond acceptors (Lipinski definition) is 3. The summed E-state index contributed by atoms with van der Waals surface area (Å²) in [6, 6.07) is 46.0. The number of rotatable bonds is 2. The largest absolute Gasteiger partial charge is 0.464 e. The third-order valence-corrected chi connectivity index (χ3v) is 10.1. The van der Waals surface area contributed by atoms with Crippen LogP contribution < -0.4 is 0 Å². The number of thiophene rings is 1. The molecule has 7 aromatic carbocycles. The maximum atomic E-state index is 6.30. The average Bonchev–Trinajstić information content (AvgIpc) is 3.78. The molecule has 0 N–H and O–H groups in total. The van der Waals surface area contributed by atoms with Crippen LogP contribution in [0.2, 0.25) is 0 Å². The molecule has 0 saturated heterocycles. The van der Waals surface area contributed by atoms with E-state index in [0.717, 1.165) is 32.9 Å². The van der Waals surface area contributed by atoms with Gasteiger partial charge in [0.15, 0.2) is 0 Å². The van der Waals surface area contributed by atoms with E-state index in [4.69, 9.17) is 8.83 Å². The normalized spacial score (nSPS) is 12.2. The van der Waals surface area contributed by atoms with Crippen LogP contribution in [0.4, 0.5) is 0 Å². The van der Waals surface area contributed by atoms with Crippen LogP contribution in [0.5, 0.6) is 0 Å². The summed E-state index contributed by atoms with van der Waals surface area (Å²) in [5.41, 5.74) is 7.63. The van der Waals surface area contributed by atoms with Gasteiger partial charge in [0.2, 0.25) is 0 Å². The van der Waals surface area contributed by atoms with Crippen LogP contribution in [-0.4, -0.2) is 0 Å². The van der Waals surface area contributed by atoms with Gasteiger partial charge in [-0.05, 0) is 86.3 Å². The Balaban J connectivity index is 1.34. The van der Waals surface area contributed by atoms with Crippen LogP contribution in [0.3, 0.4) is 0 Å². The van der Waals surface area contributed by atoms with Crippen molar-refractivity contribution in [1.82, 2.24) is 0 Å².